The van der Waals surface area contributed by atoms with Crippen LogP contribution >= 0.6 is 11.8 Å². The van der Waals surface area contributed by atoms with E-state index in [0.717, 1.165) is 34.2 Å². The lowest BCUT2D eigenvalue weighted by Gasteiger charge is -2.05. The van der Waals surface area contributed by atoms with E-state index in [2.05, 4.69) is 17.1 Å². The highest BCUT2D eigenvalue weighted by Gasteiger charge is 2.10. The topological polar surface area (TPSA) is 42.9 Å². The molecule has 0 saturated heterocycles. The van der Waals surface area contributed by atoms with Crippen LogP contribution in [0.3, 0.4) is 0 Å². The number of thioether (sulfide) groups is 1. The Bertz CT molecular complexity index is 810. The third kappa shape index (κ3) is 3.77. The van der Waals surface area contributed by atoms with Crippen LogP contribution in [0.15, 0.2) is 59.8 Å². The Hall–Kier alpha value is -2.20. The monoisotopic (exact) mass is 322 g/mol. The molecule has 0 saturated carbocycles. The standard InChI is InChI=1S/C19H18N2OS/c1-2-5-14-8-10-15(11-9-14)18(22)13-23-19-17-7-4-3-6-16(17)12-20-21-19/h3-4,6-12H,2,5,13H2,1H3. The van der Waals surface area contributed by atoms with Crippen molar-refractivity contribution >= 4 is 28.3 Å². The van der Waals surface area contributed by atoms with Gasteiger partial charge in [0.05, 0.1) is 11.9 Å². The number of carbonyl (C=O) groups is 1. The van der Waals surface area contributed by atoms with Crippen LogP contribution in [0.25, 0.3) is 10.8 Å². The molecular weight excluding hydrogens is 304 g/mol. The average Bonchev–Trinajstić information content (AvgIpc) is 2.60. The van der Waals surface area contributed by atoms with E-state index in [9.17, 15) is 4.79 Å². The minimum Gasteiger partial charge on any atom is -0.293 e. The van der Waals surface area contributed by atoms with Gasteiger partial charge >= 0.3 is 0 Å². The molecule has 23 heavy (non-hydrogen) atoms. The van der Waals surface area contributed by atoms with E-state index in [-0.39, 0.29) is 5.78 Å². The number of ketones is 1. The van der Waals surface area contributed by atoms with Gasteiger partial charge in [0.2, 0.25) is 0 Å². The molecule has 0 aliphatic carbocycles. The Balaban J connectivity index is 1.70. The Labute approximate surface area is 140 Å². The van der Waals surface area contributed by atoms with Gasteiger partial charge in [-0.25, -0.2) is 0 Å². The molecule has 0 spiro atoms. The zero-order chi connectivity index (χ0) is 16.1. The van der Waals surface area contributed by atoms with Gasteiger partial charge in [-0.05, 0) is 12.0 Å². The number of Topliss-reactive ketones (excluding diaryl/α,β-unsaturated/α-hetero) is 1. The number of benzene rings is 2. The van der Waals surface area contributed by atoms with Crippen LogP contribution in [0, 0.1) is 0 Å². The third-order valence-electron chi connectivity index (χ3n) is 3.69. The maximum atomic E-state index is 12.4. The zero-order valence-electron chi connectivity index (χ0n) is 13.0. The number of rotatable bonds is 6. The third-order valence-corrected chi connectivity index (χ3v) is 4.67. The second kappa shape index (κ2) is 7.38. The number of hydrogen-bond donors (Lipinski definition) is 0. The number of nitrogens with zero attached hydrogens (tertiary/aromatic N) is 2. The van der Waals surface area contributed by atoms with Gasteiger partial charge in [0.15, 0.2) is 5.78 Å². The molecule has 0 aliphatic rings. The molecule has 0 amide bonds. The number of aromatic nitrogens is 2. The smallest absolute Gasteiger partial charge is 0.173 e. The van der Waals surface area contributed by atoms with Crippen molar-refractivity contribution < 1.29 is 4.79 Å². The lowest BCUT2D eigenvalue weighted by atomic mass is 10.1. The number of carbonyl (C=O) groups excluding carboxylic acids is 1. The molecule has 116 valence electrons. The van der Waals surface area contributed by atoms with Crippen molar-refractivity contribution in [3.8, 4) is 0 Å². The quantitative estimate of drug-likeness (QED) is 0.493. The summed E-state index contributed by atoms with van der Waals surface area (Å²) in [4.78, 5) is 12.4. The van der Waals surface area contributed by atoms with E-state index < -0.39 is 0 Å². The zero-order valence-corrected chi connectivity index (χ0v) is 13.8. The molecule has 0 bridgehead atoms. The molecule has 1 aromatic heterocycles. The van der Waals surface area contributed by atoms with Crippen molar-refractivity contribution in [1.82, 2.24) is 10.2 Å². The molecule has 0 aliphatic heterocycles. The summed E-state index contributed by atoms with van der Waals surface area (Å²) in [5.74, 6) is 0.489. The molecular formula is C19H18N2OS. The Morgan fingerprint density at radius 2 is 1.87 bits per heavy atom. The highest BCUT2D eigenvalue weighted by Crippen LogP contribution is 2.25. The fourth-order valence-corrected chi connectivity index (χ4v) is 3.35. The summed E-state index contributed by atoms with van der Waals surface area (Å²) >= 11 is 1.44. The van der Waals surface area contributed by atoms with Crippen molar-refractivity contribution in [1.29, 1.82) is 0 Å². The molecule has 0 atom stereocenters. The van der Waals surface area contributed by atoms with Gasteiger partial charge in [0.1, 0.15) is 5.03 Å². The minimum absolute atomic E-state index is 0.118. The first-order valence-electron chi connectivity index (χ1n) is 7.73. The Morgan fingerprint density at radius 1 is 1.09 bits per heavy atom. The highest BCUT2D eigenvalue weighted by atomic mass is 32.2. The molecule has 3 aromatic rings. The lowest BCUT2D eigenvalue weighted by Crippen LogP contribution is -2.03. The maximum Gasteiger partial charge on any atom is 0.173 e. The Kier molecular flexibility index (Phi) is 5.03. The molecule has 1 heterocycles. The molecule has 0 unspecified atom stereocenters. The second-order valence-corrected chi connectivity index (χ2v) is 6.36. The minimum atomic E-state index is 0.118. The van der Waals surface area contributed by atoms with Crippen molar-refractivity contribution in [3.05, 3.63) is 65.9 Å². The van der Waals surface area contributed by atoms with Crippen LogP contribution < -0.4 is 0 Å². The predicted molar refractivity (Wildman–Crippen MR) is 95.0 cm³/mol. The maximum absolute atomic E-state index is 12.4. The number of hydrogen-bond acceptors (Lipinski definition) is 4. The number of aryl methyl sites for hydroxylation is 1. The predicted octanol–water partition coefficient (Wildman–Crippen LogP) is 4.56. The van der Waals surface area contributed by atoms with Crippen molar-refractivity contribution in [3.63, 3.8) is 0 Å². The molecule has 4 heteroatoms. The SMILES string of the molecule is CCCc1ccc(C(=O)CSc2nncc3ccccc23)cc1. The summed E-state index contributed by atoms with van der Waals surface area (Å²) in [5.41, 5.74) is 2.03. The average molecular weight is 322 g/mol. The first kappa shape index (κ1) is 15.7. The summed E-state index contributed by atoms with van der Waals surface area (Å²) in [7, 11) is 0. The Morgan fingerprint density at radius 3 is 2.65 bits per heavy atom. The van der Waals surface area contributed by atoms with Gasteiger partial charge < -0.3 is 0 Å². The lowest BCUT2D eigenvalue weighted by molar-refractivity contribution is 0.102. The molecule has 0 fully saturated rings. The van der Waals surface area contributed by atoms with Gasteiger partial charge in [-0.2, -0.15) is 5.10 Å². The van der Waals surface area contributed by atoms with Crippen LogP contribution in [0.1, 0.15) is 29.3 Å². The van der Waals surface area contributed by atoms with Crippen LogP contribution in [0.5, 0.6) is 0 Å². The van der Waals surface area contributed by atoms with Crippen molar-refractivity contribution in [2.45, 2.75) is 24.8 Å². The van der Waals surface area contributed by atoms with E-state index in [1.54, 1.807) is 6.20 Å². The first-order valence-corrected chi connectivity index (χ1v) is 8.72. The van der Waals surface area contributed by atoms with Crippen LogP contribution in [-0.4, -0.2) is 21.7 Å². The van der Waals surface area contributed by atoms with Crippen LogP contribution in [-0.2, 0) is 6.42 Å². The summed E-state index contributed by atoms with van der Waals surface area (Å²) in [6, 6.07) is 15.9. The summed E-state index contributed by atoms with van der Waals surface area (Å²) in [6.07, 6.45) is 3.91. The molecule has 0 radical (unpaired) electrons. The van der Waals surface area contributed by atoms with Crippen LogP contribution in [0.2, 0.25) is 0 Å². The van der Waals surface area contributed by atoms with Gasteiger partial charge in [0.25, 0.3) is 0 Å². The molecule has 3 rings (SSSR count). The fourth-order valence-electron chi connectivity index (χ4n) is 2.47. The van der Waals surface area contributed by atoms with Crippen molar-refractivity contribution in [2.24, 2.45) is 0 Å². The highest BCUT2D eigenvalue weighted by molar-refractivity contribution is 8.00. The molecule has 3 nitrogen and oxygen atoms in total. The van der Waals surface area contributed by atoms with Gasteiger partial charge in [-0.15, -0.1) is 5.10 Å². The van der Waals surface area contributed by atoms with E-state index in [1.807, 2.05) is 48.5 Å². The first-order chi connectivity index (χ1) is 11.3. The van der Waals surface area contributed by atoms with Crippen molar-refractivity contribution in [2.75, 3.05) is 5.75 Å². The van der Waals surface area contributed by atoms with Crippen LogP contribution in [0.4, 0.5) is 0 Å². The number of fused-ring (bicyclic) bond motifs is 1. The van der Waals surface area contributed by atoms with E-state index >= 15 is 0 Å². The van der Waals surface area contributed by atoms with E-state index in [4.69, 9.17) is 0 Å². The van der Waals surface area contributed by atoms with E-state index in [1.165, 1.54) is 17.3 Å². The molecule has 2 aromatic carbocycles. The largest absolute Gasteiger partial charge is 0.293 e. The van der Waals surface area contributed by atoms with E-state index in [0.29, 0.717) is 5.75 Å². The fraction of sp³-hybridized carbons (Fsp3) is 0.211. The summed E-state index contributed by atoms with van der Waals surface area (Å²) < 4.78 is 0. The summed E-state index contributed by atoms with van der Waals surface area (Å²) in [6.45, 7) is 2.15. The van der Waals surface area contributed by atoms with Gasteiger partial charge in [-0.3, -0.25) is 4.79 Å². The normalized spacial score (nSPS) is 10.8. The second-order valence-electron chi connectivity index (χ2n) is 5.40. The summed E-state index contributed by atoms with van der Waals surface area (Å²) in [5, 5.41) is 11.1. The van der Waals surface area contributed by atoms with Gasteiger partial charge in [-0.1, -0.05) is 73.6 Å². The molecule has 0 N–H and O–H groups in total. The van der Waals surface area contributed by atoms with Gasteiger partial charge in [0, 0.05) is 16.3 Å².